The Bertz CT molecular complexity index is 1090. The van der Waals surface area contributed by atoms with Gasteiger partial charge in [-0.15, -0.1) is 0 Å². The van der Waals surface area contributed by atoms with Crippen molar-refractivity contribution < 1.29 is 27.4 Å². The molecule has 3 aliphatic rings. The van der Waals surface area contributed by atoms with E-state index in [9.17, 15) is 18.0 Å². The smallest absolute Gasteiger partial charge is 0.417 e. The summed E-state index contributed by atoms with van der Waals surface area (Å²) in [7, 11) is 0. The average molecular weight is 460 g/mol. The van der Waals surface area contributed by atoms with Gasteiger partial charge in [-0.25, -0.2) is 0 Å². The third-order valence-electron chi connectivity index (χ3n) is 6.40. The van der Waals surface area contributed by atoms with Gasteiger partial charge in [-0.2, -0.15) is 18.4 Å². The predicted octanol–water partition coefficient (Wildman–Crippen LogP) is 4.70. The first-order valence-electron chi connectivity index (χ1n) is 10.3. The Balaban J connectivity index is 1.43. The van der Waals surface area contributed by atoms with Crippen molar-refractivity contribution in [2.24, 2.45) is 5.92 Å². The zero-order chi connectivity index (χ0) is 22.5. The van der Waals surface area contributed by atoms with Crippen LogP contribution in [0.3, 0.4) is 0 Å². The van der Waals surface area contributed by atoms with Crippen LogP contribution < -0.4 is 4.31 Å². The molecule has 32 heavy (non-hydrogen) atoms. The number of fused-ring (bicyclic) bond motifs is 5. The molecule has 0 amide bonds. The highest BCUT2D eigenvalue weighted by Crippen LogP contribution is 2.60. The fraction of sp³-hybridized carbons (Fsp3) is 0.391. The van der Waals surface area contributed by atoms with E-state index < -0.39 is 28.0 Å². The lowest BCUT2D eigenvalue weighted by Gasteiger charge is -2.32. The summed E-state index contributed by atoms with van der Waals surface area (Å²) in [6, 6.07) is 14.6. The SMILES string of the molecule is N#Cc1ccc(N2C[C@@H]3[C@@H]4CC[C@@H](O4)[C@]3(C(=O)OCc3ccccc3)S2)cc1C(F)(F)F. The third kappa shape index (κ3) is 3.33. The summed E-state index contributed by atoms with van der Waals surface area (Å²) >= 11 is 1.20. The highest BCUT2D eigenvalue weighted by Gasteiger charge is 2.69. The molecule has 0 aliphatic carbocycles. The fourth-order valence-electron chi connectivity index (χ4n) is 4.90. The van der Waals surface area contributed by atoms with E-state index in [2.05, 4.69) is 0 Å². The van der Waals surface area contributed by atoms with Crippen LogP contribution in [0.25, 0.3) is 0 Å². The topological polar surface area (TPSA) is 62.6 Å². The molecule has 3 heterocycles. The summed E-state index contributed by atoms with van der Waals surface area (Å²) in [5.74, 6) is -0.574. The Labute approximate surface area is 187 Å². The van der Waals surface area contributed by atoms with Gasteiger partial charge < -0.3 is 13.8 Å². The highest BCUT2D eigenvalue weighted by atomic mass is 32.2. The van der Waals surface area contributed by atoms with Crippen LogP contribution in [0.5, 0.6) is 0 Å². The quantitative estimate of drug-likeness (QED) is 0.487. The molecule has 4 atom stereocenters. The Morgan fingerprint density at radius 1 is 1.25 bits per heavy atom. The van der Waals surface area contributed by atoms with Crippen molar-refractivity contribution in [2.45, 2.75) is 42.6 Å². The lowest BCUT2D eigenvalue weighted by molar-refractivity contribution is -0.150. The fourth-order valence-corrected chi connectivity index (χ4v) is 6.51. The Morgan fingerprint density at radius 3 is 2.75 bits per heavy atom. The molecule has 0 spiro atoms. The number of alkyl halides is 3. The summed E-state index contributed by atoms with van der Waals surface area (Å²) in [5.41, 5.74) is -0.230. The monoisotopic (exact) mass is 460 g/mol. The minimum atomic E-state index is -4.64. The Hall–Kier alpha value is -2.70. The lowest BCUT2D eigenvalue weighted by atomic mass is 9.78. The van der Waals surface area contributed by atoms with Crippen molar-refractivity contribution in [1.82, 2.24) is 0 Å². The molecule has 0 N–H and O–H groups in total. The van der Waals surface area contributed by atoms with Gasteiger partial charge in [0.25, 0.3) is 0 Å². The van der Waals surface area contributed by atoms with Crippen molar-refractivity contribution >= 4 is 23.6 Å². The van der Waals surface area contributed by atoms with Gasteiger partial charge in [-0.1, -0.05) is 30.3 Å². The Kier molecular flexibility index (Phi) is 5.10. The van der Waals surface area contributed by atoms with Gasteiger partial charge in [0.15, 0.2) is 4.75 Å². The molecule has 0 radical (unpaired) electrons. The molecule has 3 aliphatic heterocycles. The summed E-state index contributed by atoms with van der Waals surface area (Å²) in [6.07, 6.45) is -3.57. The lowest BCUT2D eigenvalue weighted by Crippen LogP contribution is -2.49. The number of halogens is 3. The Morgan fingerprint density at radius 2 is 2.03 bits per heavy atom. The minimum Gasteiger partial charge on any atom is -0.460 e. The van der Waals surface area contributed by atoms with E-state index in [0.29, 0.717) is 18.7 Å². The average Bonchev–Trinajstić information content (AvgIpc) is 3.49. The maximum Gasteiger partial charge on any atom is 0.417 e. The van der Waals surface area contributed by atoms with Crippen LogP contribution in [0.15, 0.2) is 48.5 Å². The van der Waals surface area contributed by atoms with Gasteiger partial charge in [-0.05, 0) is 48.6 Å². The molecular weight excluding hydrogens is 441 g/mol. The molecule has 2 aromatic carbocycles. The van der Waals surface area contributed by atoms with E-state index in [0.717, 1.165) is 18.1 Å². The van der Waals surface area contributed by atoms with Gasteiger partial charge in [0, 0.05) is 18.2 Å². The van der Waals surface area contributed by atoms with E-state index in [1.807, 2.05) is 30.3 Å². The largest absolute Gasteiger partial charge is 0.460 e. The van der Waals surface area contributed by atoms with Crippen LogP contribution in [0.1, 0.15) is 29.5 Å². The first-order valence-corrected chi connectivity index (χ1v) is 11.0. The van der Waals surface area contributed by atoms with Crippen molar-refractivity contribution in [3.8, 4) is 6.07 Å². The van der Waals surface area contributed by atoms with Crippen LogP contribution in [0.2, 0.25) is 0 Å². The first-order chi connectivity index (χ1) is 15.3. The number of benzene rings is 2. The zero-order valence-electron chi connectivity index (χ0n) is 16.8. The molecule has 3 saturated heterocycles. The van der Waals surface area contributed by atoms with Crippen molar-refractivity contribution in [2.75, 3.05) is 10.8 Å². The van der Waals surface area contributed by atoms with Crippen molar-refractivity contribution in [3.63, 3.8) is 0 Å². The minimum absolute atomic E-state index is 0.123. The molecular formula is C23H19F3N2O3S. The van der Waals surface area contributed by atoms with Crippen molar-refractivity contribution in [1.29, 1.82) is 5.26 Å². The van der Waals surface area contributed by atoms with Gasteiger partial charge in [0.1, 0.15) is 6.61 Å². The molecule has 166 valence electrons. The first kappa shape index (κ1) is 21.2. The number of carbonyl (C=O) groups excluding carboxylic acids is 1. The summed E-state index contributed by atoms with van der Waals surface area (Å²) in [6.45, 7) is 0.497. The number of nitriles is 1. The van der Waals surface area contributed by atoms with E-state index in [-0.39, 0.29) is 24.7 Å². The number of rotatable bonds is 4. The number of hydrogen-bond acceptors (Lipinski definition) is 6. The normalized spacial score (nSPS) is 28.4. The maximum absolute atomic E-state index is 13.5. The van der Waals surface area contributed by atoms with Crippen LogP contribution in [-0.2, 0) is 27.1 Å². The number of anilines is 1. The van der Waals surface area contributed by atoms with Crippen LogP contribution >= 0.6 is 11.9 Å². The highest BCUT2D eigenvalue weighted by molar-refractivity contribution is 8.03. The molecule has 3 fully saturated rings. The summed E-state index contributed by atoms with van der Waals surface area (Å²) in [5, 5.41) is 9.07. The molecule has 0 saturated carbocycles. The number of ether oxygens (including phenoxy) is 2. The van der Waals surface area contributed by atoms with E-state index in [4.69, 9.17) is 14.7 Å². The van der Waals surface area contributed by atoms with Gasteiger partial charge in [-0.3, -0.25) is 4.79 Å². The third-order valence-corrected chi connectivity index (χ3v) is 8.02. The van der Waals surface area contributed by atoms with Crippen molar-refractivity contribution in [3.05, 3.63) is 65.2 Å². The number of nitrogens with zero attached hydrogens (tertiary/aromatic N) is 2. The maximum atomic E-state index is 13.5. The van der Waals surface area contributed by atoms with E-state index in [1.54, 1.807) is 10.4 Å². The predicted molar refractivity (Wildman–Crippen MR) is 111 cm³/mol. The van der Waals surface area contributed by atoms with E-state index >= 15 is 0 Å². The van der Waals surface area contributed by atoms with E-state index in [1.165, 1.54) is 24.1 Å². The van der Waals surface area contributed by atoms with Gasteiger partial charge in [0.05, 0.1) is 29.4 Å². The standard InChI is InChI=1S/C23H19F3N2O3S/c24-23(25,26)17-10-16(7-6-15(17)11-27)28-12-18-19-8-9-20(31-19)22(18,32-28)21(29)30-13-14-4-2-1-3-5-14/h1-7,10,18-20H,8-9,12-13H2/t18-,19+,20-,22-/m1/s1. The van der Waals surface area contributed by atoms with Crippen LogP contribution in [0.4, 0.5) is 18.9 Å². The second-order valence-electron chi connectivity index (χ2n) is 8.19. The summed E-state index contributed by atoms with van der Waals surface area (Å²) in [4.78, 5) is 13.3. The van der Waals surface area contributed by atoms with Gasteiger partial charge >= 0.3 is 12.1 Å². The second kappa shape index (κ2) is 7.71. The molecule has 0 unspecified atom stereocenters. The number of carbonyl (C=O) groups is 1. The zero-order valence-corrected chi connectivity index (χ0v) is 17.7. The molecule has 2 bridgehead atoms. The molecule has 9 heteroatoms. The molecule has 5 nitrogen and oxygen atoms in total. The number of hydrogen-bond donors (Lipinski definition) is 0. The summed E-state index contributed by atoms with van der Waals surface area (Å²) < 4.78 is 52.8. The molecule has 5 rings (SSSR count). The molecule has 2 aromatic rings. The van der Waals surface area contributed by atoms with Crippen LogP contribution in [-0.4, -0.2) is 29.5 Å². The number of esters is 1. The van der Waals surface area contributed by atoms with Crippen LogP contribution in [0, 0.1) is 17.2 Å². The van der Waals surface area contributed by atoms with Gasteiger partial charge in [0.2, 0.25) is 0 Å². The molecule has 0 aromatic heterocycles. The second-order valence-corrected chi connectivity index (χ2v) is 9.49.